The zero-order valence-electron chi connectivity index (χ0n) is 18.1. The van der Waals surface area contributed by atoms with Crippen LogP contribution in [0.4, 0.5) is 0 Å². The molecule has 10 nitrogen and oxygen atoms in total. The highest BCUT2D eigenvalue weighted by atomic mass is 35.5. The second-order valence-corrected chi connectivity index (χ2v) is 8.55. The molecule has 11 heteroatoms. The number of carbonyl (C=O) groups excluding carboxylic acids is 2. The number of carboxylic acid groups (broad SMARTS) is 1. The number of carbonyl (C=O) groups is 3. The van der Waals surface area contributed by atoms with Crippen LogP contribution >= 0.6 is 11.6 Å². The third kappa shape index (κ3) is 5.54. The normalized spacial score (nSPS) is 24.8. The number of benzene rings is 2. The standard InChI is InChI=1S/C23H23ClO10/c1-23(2,22(31)33-21-18(28)16(26)17(27)19(32-21)20(29)30)34-14-9-5-12(6-10-14)15(25)11-3-7-13(24)8-4-11/h3-10,16-19,21,26-28H,1-2H3,(H,29,30)/t16?,17-,18?,19?,21+/m1/s1. The van der Waals surface area contributed by atoms with Crippen molar-refractivity contribution in [2.75, 3.05) is 0 Å². The largest absolute Gasteiger partial charge is 0.479 e. The Morgan fingerprint density at radius 3 is 1.94 bits per heavy atom. The maximum atomic E-state index is 12.6. The molecule has 0 aliphatic carbocycles. The van der Waals surface area contributed by atoms with E-state index in [0.717, 1.165) is 0 Å². The van der Waals surface area contributed by atoms with Crippen molar-refractivity contribution < 1.29 is 49.0 Å². The summed E-state index contributed by atoms with van der Waals surface area (Å²) < 4.78 is 15.6. The second-order valence-electron chi connectivity index (χ2n) is 8.11. The van der Waals surface area contributed by atoms with Gasteiger partial charge in [-0.2, -0.15) is 0 Å². The molecule has 3 rings (SSSR count). The van der Waals surface area contributed by atoms with Crippen LogP contribution in [0.15, 0.2) is 48.5 Å². The molecular formula is C23H23ClO10. The van der Waals surface area contributed by atoms with E-state index in [2.05, 4.69) is 0 Å². The molecule has 3 unspecified atom stereocenters. The number of ether oxygens (including phenoxy) is 3. The molecule has 4 N–H and O–H groups in total. The minimum atomic E-state index is -1.92. The number of rotatable bonds is 7. The van der Waals surface area contributed by atoms with Gasteiger partial charge in [-0.25, -0.2) is 9.59 Å². The molecule has 1 saturated heterocycles. The minimum absolute atomic E-state index is 0.221. The number of aliphatic hydroxyl groups is 3. The Morgan fingerprint density at radius 1 is 0.882 bits per heavy atom. The number of halogens is 1. The Labute approximate surface area is 199 Å². The van der Waals surface area contributed by atoms with Crippen LogP contribution in [-0.2, 0) is 19.1 Å². The molecular weight excluding hydrogens is 472 g/mol. The number of aliphatic carboxylic acids is 1. The van der Waals surface area contributed by atoms with Gasteiger partial charge in [-0.1, -0.05) is 11.6 Å². The average molecular weight is 495 g/mol. The molecule has 0 radical (unpaired) electrons. The Morgan fingerprint density at radius 2 is 1.41 bits per heavy atom. The summed E-state index contributed by atoms with van der Waals surface area (Å²) in [5.41, 5.74) is -0.814. The second kappa shape index (κ2) is 10.1. The van der Waals surface area contributed by atoms with Crippen molar-refractivity contribution in [3.8, 4) is 5.75 Å². The van der Waals surface area contributed by atoms with Crippen LogP contribution in [0.25, 0.3) is 0 Å². The van der Waals surface area contributed by atoms with Crippen molar-refractivity contribution in [2.24, 2.45) is 0 Å². The van der Waals surface area contributed by atoms with E-state index in [9.17, 15) is 29.7 Å². The van der Waals surface area contributed by atoms with E-state index < -0.39 is 48.2 Å². The third-order valence-corrected chi connectivity index (χ3v) is 5.38. The van der Waals surface area contributed by atoms with Gasteiger partial charge in [0.15, 0.2) is 17.5 Å². The van der Waals surface area contributed by atoms with Crippen LogP contribution in [0.1, 0.15) is 29.8 Å². The monoisotopic (exact) mass is 494 g/mol. The molecule has 0 amide bonds. The number of hydrogen-bond acceptors (Lipinski definition) is 9. The van der Waals surface area contributed by atoms with Crippen molar-refractivity contribution in [3.05, 3.63) is 64.7 Å². The maximum absolute atomic E-state index is 12.6. The lowest BCUT2D eigenvalue weighted by molar-refractivity contribution is -0.289. The summed E-state index contributed by atoms with van der Waals surface area (Å²) >= 11 is 5.84. The third-order valence-electron chi connectivity index (χ3n) is 5.12. The van der Waals surface area contributed by atoms with Gasteiger partial charge in [0.2, 0.25) is 6.29 Å². The predicted molar refractivity (Wildman–Crippen MR) is 116 cm³/mol. The molecule has 2 aromatic rings. The summed E-state index contributed by atoms with van der Waals surface area (Å²) in [5.74, 6) is -2.66. The van der Waals surface area contributed by atoms with Crippen LogP contribution in [0.3, 0.4) is 0 Å². The SMILES string of the molecule is CC(C)(Oc1ccc(C(=O)c2ccc(Cl)cc2)cc1)C(=O)O[C@@H]1OC(C(=O)O)[C@H](O)C(O)C1O. The van der Waals surface area contributed by atoms with Crippen LogP contribution < -0.4 is 4.74 Å². The Hall–Kier alpha value is -3.02. The van der Waals surface area contributed by atoms with Gasteiger partial charge in [-0.05, 0) is 62.4 Å². The summed E-state index contributed by atoms with van der Waals surface area (Å²) in [6.45, 7) is 2.72. The molecule has 0 saturated carbocycles. The topological polar surface area (TPSA) is 160 Å². The highest BCUT2D eigenvalue weighted by Gasteiger charge is 2.49. The lowest BCUT2D eigenvalue weighted by Gasteiger charge is -2.39. The van der Waals surface area contributed by atoms with Gasteiger partial charge in [0.1, 0.15) is 24.1 Å². The highest BCUT2D eigenvalue weighted by Crippen LogP contribution is 2.26. The smallest absolute Gasteiger partial charge is 0.352 e. The van der Waals surface area contributed by atoms with E-state index in [1.165, 1.54) is 38.1 Å². The van der Waals surface area contributed by atoms with Crippen molar-refractivity contribution in [1.82, 2.24) is 0 Å². The fraction of sp³-hybridized carbons (Fsp3) is 0.348. The van der Waals surface area contributed by atoms with Crippen LogP contribution in [-0.4, -0.2) is 74.5 Å². The first-order chi connectivity index (χ1) is 15.9. The number of esters is 1. The molecule has 1 aliphatic rings. The lowest BCUT2D eigenvalue weighted by atomic mass is 9.99. The zero-order valence-corrected chi connectivity index (χ0v) is 18.9. The highest BCUT2D eigenvalue weighted by molar-refractivity contribution is 6.30. The fourth-order valence-electron chi connectivity index (χ4n) is 3.18. The lowest BCUT2D eigenvalue weighted by Crippen LogP contribution is -2.61. The first-order valence-electron chi connectivity index (χ1n) is 10.1. The number of carboxylic acids is 1. The van der Waals surface area contributed by atoms with E-state index in [1.807, 2.05) is 0 Å². The first kappa shape index (κ1) is 25.6. The fourth-order valence-corrected chi connectivity index (χ4v) is 3.30. The number of ketones is 1. The van der Waals surface area contributed by atoms with Crippen molar-refractivity contribution in [1.29, 1.82) is 0 Å². The van der Waals surface area contributed by atoms with Gasteiger partial charge in [0.05, 0.1) is 0 Å². The molecule has 2 aromatic carbocycles. The van der Waals surface area contributed by atoms with E-state index in [4.69, 9.17) is 30.9 Å². The van der Waals surface area contributed by atoms with E-state index >= 15 is 0 Å². The number of hydrogen-bond donors (Lipinski definition) is 4. The summed E-state index contributed by atoms with van der Waals surface area (Å²) in [6.07, 6.45) is -9.48. The molecule has 1 fully saturated rings. The predicted octanol–water partition coefficient (Wildman–Crippen LogP) is 1.16. The van der Waals surface area contributed by atoms with Gasteiger partial charge in [0.25, 0.3) is 0 Å². The van der Waals surface area contributed by atoms with Gasteiger partial charge < -0.3 is 34.6 Å². The Balaban J connectivity index is 1.66. The van der Waals surface area contributed by atoms with Gasteiger partial charge in [-0.15, -0.1) is 0 Å². The van der Waals surface area contributed by atoms with Crippen molar-refractivity contribution in [3.63, 3.8) is 0 Å². The summed E-state index contributed by atoms with van der Waals surface area (Å²) in [4.78, 5) is 36.4. The van der Waals surface area contributed by atoms with Gasteiger partial charge >= 0.3 is 11.9 Å². The number of aliphatic hydroxyl groups excluding tert-OH is 3. The first-order valence-corrected chi connectivity index (χ1v) is 10.5. The van der Waals surface area contributed by atoms with Gasteiger partial charge in [0, 0.05) is 16.1 Å². The van der Waals surface area contributed by atoms with Gasteiger partial charge in [-0.3, -0.25) is 4.79 Å². The average Bonchev–Trinajstić information content (AvgIpc) is 2.79. The molecule has 0 spiro atoms. The van der Waals surface area contributed by atoms with E-state index in [0.29, 0.717) is 16.1 Å². The summed E-state index contributed by atoms with van der Waals surface area (Å²) in [6, 6.07) is 12.4. The minimum Gasteiger partial charge on any atom is -0.479 e. The van der Waals surface area contributed by atoms with E-state index in [-0.39, 0.29) is 11.5 Å². The molecule has 0 aromatic heterocycles. The van der Waals surface area contributed by atoms with Crippen molar-refractivity contribution >= 4 is 29.3 Å². The molecule has 0 bridgehead atoms. The summed E-state index contributed by atoms with van der Waals surface area (Å²) in [7, 11) is 0. The molecule has 5 atom stereocenters. The van der Waals surface area contributed by atoms with E-state index in [1.54, 1.807) is 24.3 Å². The zero-order chi connectivity index (χ0) is 25.2. The Kier molecular flexibility index (Phi) is 7.59. The molecule has 1 heterocycles. The summed E-state index contributed by atoms with van der Waals surface area (Å²) in [5, 5.41) is 39.2. The van der Waals surface area contributed by atoms with Crippen LogP contribution in [0.5, 0.6) is 5.75 Å². The maximum Gasteiger partial charge on any atom is 0.352 e. The quantitative estimate of drug-likeness (QED) is 0.325. The molecule has 1 aliphatic heterocycles. The Bertz CT molecular complexity index is 1050. The van der Waals surface area contributed by atoms with Crippen LogP contribution in [0, 0.1) is 0 Å². The van der Waals surface area contributed by atoms with Crippen LogP contribution in [0.2, 0.25) is 5.02 Å². The molecule has 34 heavy (non-hydrogen) atoms. The molecule has 182 valence electrons. The van der Waals surface area contributed by atoms with Crippen molar-refractivity contribution in [2.45, 2.75) is 50.2 Å².